The van der Waals surface area contributed by atoms with E-state index >= 15 is 0 Å². The van der Waals surface area contributed by atoms with E-state index in [2.05, 4.69) is 0 Å². The van der Waals surface area contributed by atoms with Gasteiger partial charge < -0.3 is 4.90 Å². The number of para-hydroxylation sites is 2. The van der Waals surface area contributed by atoms with Crippen LogP contribution in [0.5, 0.6) is 0 Å². The van der Waals surface area contributed by atoms with Crippen LogP contribution in [0.3, 0.4) is 0 Å². The predicted molar refractivity (Wildman–Crippen MR) is 150 cm³/mol. The maximum atomic E-state index is 9.18. The van der Waals surface area contributed by atoms with Gasteiger partial charge >= 0.3 is 0 Å². The number of hydrogen-bond donors (Lipinski definition) is 0. The van der Waals surface area contributed by atoms with Gasteiger partial charge in [0.25, 0.3) is 0 Å². The van der Waals surface area contributed by atoms with E-state index < -0.39 is 124 Å². The lowest BCUT2D eigenvalue weighted by Gasteiger charge is -2.25. The van der Waals surface area contributed by atoms with Crippen molar-refractivity contribution < 1.29 is 20.6 Å². The Balaban J connectivity index is 1.71. The fourth-order valence-electron chi connectivity index (χ4n) is 3.60. The number of rotatable bonds is 5. The van der Waals surface area contributed by atoms with Crippen molar-refractivity contribution in [1.29, 1.82) is 0 Å². The molecule has 6 rings (SSSR count). The quantitative estimate of drug-likeness (QED) is 0.246. The zero-order valence-electron chi connectivity index (χ0n) is 33.2. The number of fused-ring (bicyclic) bond motifs is 1. The second-order valence-corrected chi connectivity index (χ2v) is 7.48. The third-order valence-electron chi connectivity index (χ3n) is 5.24. The summed E-state index contributed by atoms with van der Waals surface area (Å²) in [7, 11) is 0. The Kier molecular flexibility index (Phi) is 2.75. The van der Waals surface area contributed by atoms with Crippen molar-refractivity contribution in [3.05, 3.63) is 151 Å². The van der Waals surface area contributed by atoms with E-state index in [1.165, 1.54) is 0 Å². The third kappa shape index (κ3) is 4.32. The smallest absolute Gasteiger partial charge is 0.0645 e. The van der Waals surface area contributed by atoms with Crippen LogP contribution in [-0.4, -0.2) is 0 Å². The Morgan fingerprint density at radius 1 is 0.400 bits per heavy atom. The zero-order valence-corrected chi connectivity index (χ0v) is 18.2. The van der Waals surface area contributed by atoms with E-state index in [4.69, 9.17) is 19.2 Å². The number of benzene rings is 6. The average molecular weight is 463 g/mol. The molecule has 1 heteroatoms. The molecule has 0 atom stereocenters. The monoisotopic (exact) mass is 462 g/mol. The molecule has 0 heterocycles. The molecule has 0 N–H and O–H groups in total. The predicted octanol–water partition coefficient (Wildman–Crippen LogP) is 9.64. The maximum absolute atomic E-state index is 9.18. The maximum Gasteiger partial charge on any atom is 0.0645 e. The Hall–Kier alpha value is -4.62. The summed E-state index contributed by atoms with van der Waals surface area (Å²) in [5.41, 5.74) is -1.21. The van der Waals surface area contributed by atoms with Gasteiger partial charge in [0.15, 0.2) is 0 Å². The van der Waals surface area contributed by atoms with Gasteiger partial charge in [0, 0.05) is 17.1 Å². The molecule has 0 saturated carbocycles. The molecule has 1 nitrogen and oxygen atoms in total. The van der Waals surface area contributed by atoms with E-state index in [0.717, 1.165) is 0 Å². The number of nitrogens with zero attached hydrogens (tertiary/aromatic N) is 1. The van der Waals surface area contributed by atoms with Crippen molar-refractivity contribution in [2.24, 2.45) is 0 Å². The summed E-state index contributed by atoms with van der Waals surface area (Å²) in [4.78, 5) is 1.54. The molecule has 0 aromatic heterocycles. The van der Waals surface area contributed by atoms with Crippen LogP contribution in [0.15, 0.2) is 151 Å². The van der Waals surface area contributed by atoms with E-state index in [1.54, 1.807) is 65.6 Å². The molecule has 35 heavy (non-hydrogen) atoms. The SMILES string of the molecule is [2H]c1c([2H])c([2H])c(-c2c([2H])c([2H])c3c([2H])c([2H])c(-c4c([2H])c([2H])c(N(c5ccccc5)c5ccccc5)c([2H])c4[2H])c([2H])c3c2[2H])c([2H])c1[2H]. The summed E-state index contributed by atoms with van der Waals surface area (Å²) >= 11 is 0. The molecule has 166 valence electrons. The highest BCUT2D eigenvalue weighted by Gasteiger charge is 2.12. The molecule has 0 amide bonds. The van der Waals surface area contributed by atoms with Gasteiger partial charge in [-0.05, 0) is 81.5 Å². The Bertz CT molecular complexity index is 2280. The lowest BCUT2D eigenvalue weighted by molar-refractivity contribution is 1.28. The van der Waals surface area contributed by atoms with Gasteiger partial charge in [-0.3, -0.25) is 0 Å². The molecule has 0 aliphatic carbocycles. The summed E-state index contributed by atoms with van der Waals surface area (Å²) in [5.74, 6) is 0. The Morgan fingerprint density at radius 2 is 0.886 bits per heavy atom. The van der Waals surface area contributed by atoms with Crippen LogP contribution in [0.4, 0.5) is 17.1 Å². The van der Waals surface area contributed by atoms with Crippen molar-refractivity contribution in [2.45, 2.75) is 0 Å². The first-order chi connectivity index (χ1) is 23.6. The summed E-state index contributed by atoms with van der Waals surface area (Å²) in [6, 6.07) is 7.08. The molecule has 6 aromatic carbocycles. The van der Waals surface area contributed by atoms with Gasteiger partial charge in [-0.1, -0.05) is 103 Å². The first-order valence-electron chi connectivity index (χ1n) is 18.2. The van der Waals surface area contributed by atoms with E-state index in [9.17, 15) is 1.37 Å². The second-order valence-electron chi connectivity index (χ2n) is 7.48. The minimum absolute atomic E-state index is 0.122. The molecule has 0 fully saturated rings. The third-order valence-corrected chi connectivity index (χ3v) is 5.24. The minimum atomic E-state index is -0.753. The molecule has 6 aromatic rings. The number of anilines is 3. The van der Waals surface area contributed by atoms with Crippen LogP contribution in [-0.2, 0) is 0 Å². The van der Waals surface area contributed by atoms with Crippen LogP contribution >= 0.6 is 0 Å². The fraction of sp³-hybridized carbons (Fsp3) is 0. The summed E-state index contributed by atoms with van der Waals surface area (Å²) < 4.78 is 131. The van der Waals surface area contributed by atoms with E-state index in [0.29, 0.717) is 11.4 Å². The van der Waals surface area contributed by atoms with Crippen molar-refractivity contribution in [1.82, 2.24) is 0 Å². The van der Waals surface area contributed by atoms with Crippen LogP contribution in [0.25, 0.3) is 33.0 Å². The van der Waals surface area contributed by atoms with Crippen LogP contribution in [0.2, 0.25) is 0 Å². The molecular formula is C34H25N. The lowest BCUT2D eigenvalue weighted by atomic mass is 9.97. The molecule has 0 spiro atoms. The van der Waals surface area contributed by atoms with Crippen LogP contribution < -0.4 is 4.90 Å². The summed E-state index contributed by atoms with van der Waals surface area (Å²) in [6.45, 7) is 0. The first-order valence-corrected chi connectivity index (χ1v) is 10.7. The minimum Gasteiger partial charge on any atom is -0.311 e. The topological polar surface area (TPSA) is 3.24 Å². The van der Waals surface area contributed by atoms with Crippen LogP contribution in [0, 0.1) is 0 Å². The Labute approximate surface area is 227 Å². The Morgan fingerprint density at radius 3 is 1.43 bits per heavy atom. The molecule has 0 saturated heterocycles. The zero-order chi connectivity index (χ0) is 36.5. The normalized spacial score (nSPS) is 16.9. The largest absolute Gasteiger partial charge is 0.311 e. The average Bonchev–Trinajstić information content (AvgIpc) is 3.11. The lowest BCUT2D eigenvalue weighted by Crippen LogP contribution is -2.09. The first kappa shape index (κ1) is 10.3. The number of hydrogen-bond acceptors (Lipinski definition) is 1. The molecule has 0 unspecified atom stereocenters. The van der Waals surface area contributed by atoms with Gasteiger partial charge in [-0.25, -0.2) is 0 Å². The molecular weight excluding hydrogens is 422 g/mol. The van der Waals surface area contributed by atoms with E-state index in [1.807, 2.05) is 0 Å². The van der Waals surface area contributed by atoms with Crippen molar-refractivity contribution >= 4 is 27.8 Å². The van der Waals surface area contributed by atoms with Gasteiger partial charge in [0.05, 0.1) is 20.6 Å². The van der Waals surface area contributed by atoms with Crippen LogP contribution in [0.1, 0.15) is 20.6 Å². The highest BCUT2D eigenvalue weighted by atomic mass is 15.1. The fourth-order valence-corrected chi connectivity index (χ4v) is 3.60. The second kappa shape index (κ2) is 9.32. The van der Waals surface area contributed by atoms with E-state index in [-0.39, 0.29) is 5.69 Å². The molecule has 0 aliphatic heterocycles. The van der Waals surface area contributed by atoms with Crippen molar-refractivity contribution in [3.8, 4) is 22.3 Å². The highest BCUT2D eigenvalue weighted by Crippen LogP contribution is 2.36. The highest BCUT2D eigenvalue weighted by molar-refractivity contribution is 5.91. The summed E-state index contributed by atoms with van der Waals surface area (Å²) in [6.07, 6.45) is 0. The molecule has 0 bridgehead atoms. The van der Waals surface area contributed by atoms with Gasteiger partial charge in [-0.15, -0.1) is 0 Å². The van der Waals surface area contributed by atoms with Gasteiger partial charge in [-0.2, -0.15) is 0 Å². The summed E-state index contributed by atoms with van der Waals surface area (Å²) in [5, 5.41) is -0.944. The van der Waals surface area contributed by atoms with Crippen molar-refractivity contribution in [3.63, 3.8) is 0 Å². The standard InChI is InChI=1S/C34H25N/c1-4-10-26(11-5-1)29-18-16-28-17-19-30(25-31(28)24-29)27-20-22-34(23-21-27)35(32-12-6-2-7-13-32)33-14-8-3-9-15-33/h1-25H/i1D,4D,5D,10D,11D,16D,17D,18D,19D,20D,21D,22D,23D,24D,25D. The van der Waals surface area contributed by atoms with Crippen molar-refractivity contribution in [2.75, 3.05) is 4.90 Å². The van der Waals surface area contributed by atoms with Gasteiger partial charge in [0.1, 0.15) is 0 Å². The van der Waals surface area contributed by atoms with Gasteiger partial charge in [0.2, 0.25) is 0 Å². The molecule has 0 radical (unpaired) electrons. The molecule has 0 aliphatic rings.